The molecule has 0 fully saturated rings. The van der Waals surface area contributed by atoms with E-state index in [2.05, 4.69) is 103 Å². The van der Waals surface area contributed by atoms with Crippen LogP contribution in [0.2, 0.25) is 52.4 Å². The standard InChI is InChI=1S/2C9H15Si.C2H6Si.2ClH.Zr/c2*1-8-5-6-9(7-8)10(2,3)4;1-3-2;;;/h2*5-7H,1-4H3;1-2H3;2*1H;/q2*-1;;;;+2/p-2. The topological polar surface area (TPSA) is 0 Å². The van der Waals surface area contributed by atoms with Crippen LogP contribution in [0.4, 0.5) is 0 Å². The van der Waals surface area contributed by atoms with Gasteiger partial charge in [0.1, 0.15) is 0 Å². The second-order valence-corrected chi connectivity index (χ2v) is 28.4. The van der Waals surface area contributed by atoms with Crippen molar-refractivity contribution in [2.45, 2.75) is 66.2 Å². The van der Waals surface area contributed by atoms with Crippen molar-refractivity contribution in [3.05, 3.63) is 47.5 Å². The Labute approximate surface area is 192 Å². The van der Waals surface area contributed by atoms with Gasteiger partial charge >= 0.3 is 41.9 Å². The quantitative estimate of drug-likeness (QED) is 0.362. The second kappa shape index (κ2) is 13.9. The summed E-state index contributed by atoms with van der Waals surface area (Å²) in [5.41, 5.74) is 3.01. The summed E-state index contributed by atoms with van der Waals surface area (Å²) < 4.78 is 0. The van der Waals surface area contributed by atoms with Crippen LogP contribution in [0.3, 0.4) is 0 Å². The molecule has 0 nitrogen and oxygen atoms in total. The molecule has 0 radical (unpaired) electrons. The zero-order valence-electron chi connectivity index (χ0n) is 18.2. The molecule has 0 aliphatic rings. The summed E-state index contributed by atoms with van der Waals surface area (Å²) in [7, 11) is -2.02. The van der Waals surface area contributed by atoms with Crippen molar-refractivity contribution in [1.29, 1.82) is 0 Å². The predicted molar refractivity (Wildman–Crippen MR) is 117 cm³/mol. The van der Waals surface area contributed by atoms with E-state index in [1.807, 2.05) is 0 Å². The molecule has 2 rings (SSSR count). The summed E-state index contributed by atoms with van der Waals surface area (Å²) in [5.74, 6) is 0. The van der Waals surface area contributed by atoms with Crippen molar-refractivity contribution in [2.75, 3.05) is 0 Å². The Balaban J connectivity index is -0.000000319. The Bertz CT molecular complexity index is 578. The van der Waals surface area contributed by atoms with Gasteiger partial charge in [-0.25, -0.2) is 22.9 Å². The van der Waals surface area contributed by atoms with Crippen LogP contribution in [0.5, 0.6) is 0 Å². The SMILES string of the molecule is C[Si](C)=[Zr+2].Cc1c[cH-]c([Si](C)(C)C)c1.Cc1cc([Si](C)(C)C)c[cH-]1.[Cl-].[Cl-]. The van der Waals surface area contributed by atoms with Crippen molar-refractivity contribution >= 4 is 32.0 Å². The number of aryl methyl sites for hydroxylation is 2. The van der Waals surface area contributed by atoms with E-state index in [1.165, 1.54) is 11.1 Å². The number of halogens is 2. The van der Waals surface area contributed by atoms with Gasteiger partial charge in [-0.1, -0.05) is 53.1 Å². The van der Waals surface area contributed by atoms with E-state index < -0.39 is 16.1 Å². The minimum absolute atomic E-state index is 0. The molecule has 148 valence electrons. The fourth-order valence-corrected chi connectivity index (χ4v) is 4.55. The Hall–Kier alpha value is 0.814. The summed E-state index contributed by atoms with van der Waals surface area (Å²) in [6.45, 7) is 23.2. The Morgan fingerprint density at radius 3 is 1.42 bits per heavy atom. The normalized spacial score (nSPS) is 10.3. The number of hydrogen-bond donors (Lipinski definition) is 0. The van der Waals surface area contributed by atoms with Gasteiger partial charge in [0.2, 0.25) is 0 Å². The zero-order chi connectivity index (χ0) is 19.1. The van der Waals surface area contributed by atoms with Crippen LogP contribution in [0.15, 0.2) is 36.4 Å². The largest absolute Gasteiger partial charge is 1.00 e. The average Bonchev–Trinajstić information content (AvgIpc) is 2.96. The van der Waals surface area contributed by atoms with Crippen molar-refractivity contribution in [1.82, 2.24) is 0 Å². The van der Waals surface area contributed by atoms with E-state index in [9.17, 15) is 0 Å². The molecule has 2 aromatic carbocycles. The molecule has 0 heterocycles. The van der Waals surface area contributed by atoms with Gasteiger partial charge < -0.3 is 24.8 Å². The molecule has 0 saturated carbocycles. The van der Waals surface area contributed by atoms with Crippen LogP contribution in [0.25, 0.3) is 0 Å². The van der Waals surface area contributed by atoms with Crippen LogP contribution in [-0.2, 0) is 23.3 Å². The van der Waals surface area contributed by atoms with Gasteiger partial charge in [-0.05, 0) is 0 Å². The molecule has 0 bridgehead atoms. The third-order valence-corrected chi connectivity index (χ3v) is 7.64. The molecule has 0 aromatic heterocycles. The molecular weight excluding hydrogens is 487 g/mol. The van der Waals surface area contributed by atoms with Crippen LogP contribution >= 0.6 is 0 Å². The first-order chi connectivity index (χ1) is 10.7. The van der Waals surface area contributed by atoms with Gasteiger partial charge in [-0.15, -0.1) is 0 Å². The summed E-state index contributed by atoms with van der Waals surface area (Å²) in [5, 5.41) is 3.15. The fraction of sp³-hybridized carbons (Fsp3) is 0.500. The third kappa shape index (κ3) is 14.8. The minimum Gasteiger partial charge on any atom is -1.00 e. The molecule has 26 heavy (non-hydrogen) atoms. The Kier molecular flexibility index (Phi) is 16.8. The van der Waals surface area contributed by atoms with E-state index in [-0.39, 0.29) is 30.2 Å². The van der Waals surface area contributed by atoms with E-state index in [0.717, 1.165) is 0 Å². The molecule has 0 spiro atoms. The number of hydrogen-bond acceptors (Lipinski definition) is 0. The first-order valence-electron chi connectivity index (χ1n) is 8.73. The van der Waals surface area contributed by atoms with Crippen LogP contribution < -0.4 is 35.2 Å². The zero-order valence-corrected chi connectivity index (χ0v) is 25.2. The summed E-state index contributed by atoms with van der Waals surface area (Å²) >= 11 is 1.74. The first kappa shape index (κ1) is 31.5. The van der Waals surface area contributed by atoms with Gasteiger partial charge in [0.05, 0.1) is 8.07 Å². The van der Waals surface area contributed by atoms with Crippen LogP contribution in [-0.4, -0.2) is 21.6 Å². The molecule has 0 aliphatic heterocycles. The Morgan fingerprint density at radius 2 is 1.27 bits per heavy atom. The monoisotopic (exact) mass is 520 g/mol. The first-order valence-corrected chi connectivity index (χ1v) is 21.9. The van der Waals surface area contributed by atoms with Gasteiger partial charge in [-0.2, -0.15) is 35.0 Å². The summed E-state index contributed by atoms with van der Waals surface area (Å²) in [6, 6.07) is 13.6. The molecule has 0 atom stereocenters. The molecule has 0 saturated heterocycles. The van der Waals surface area contributed by atoms with Crippen LogP contribution in [0.1, 0.15) is 11.1 Å². The minimum atomic E-state index is -1.01. The van der Waals surface area contributed by atoms with Gasteiger partial charge in [-0.3, -0.25) is 0 Å². The maximum atomic E-state index is 2.38. The van der Waals surface area contributed by atoms with Crippen LogP contribution in [0, 0.1) is 13.8 Å². The molecule has 0 amide bonds. The van der Waals surface area contributed by atoms with E-state index >= 15 is 0 Å². The predicted octanol–water partition coefficient (Wildman–Crippen LogP) is -0.689. The summed E-state index contributed by atoms with van der Waals surface area (Å²) in [6.07, 6.45) is 0. The fourth-order valence-electron chi connectivity index (χ4n) is 2.06. The second-order valence-electron chi connectivity index (χ2n) is 8.85. The molecule has 0 unspecified atom stereocenters. The van der Waals surface area contributed by atoms with Crippen molar-refractivity contribution in [2.24, 2.45) is 0 Å². The van der Waals surface area contributed by atoms with E-state index in [4.69, 9.17) is 0 Å². The average molecular weight is 523 g/mol. The van der Waals surface area contributed by atoms with Crippen molar-refractivity contribution < 1.29 is 48.1 Å². The van der Waals surface area contributed by atoms with Crippen molar-refractivity contribution in [3.63, 3.8) is 0 Å². The third-order valence-electron chi connectivity index (χ3n) is 3.55. The molecule has 0 N–H and O–H groups in total. The maximum Gasteiger partial charge on any atom is 0.0504 e. The molecular formula is C20H36Cl2Si3Zr-2. The van der Waals surface area contributed by atoms with E-state index in [1.54, 1.807) is 33.7 Å². The number of rotatable bonds is 2. The van der Waals surface area contributed by atoms with Gasteiger partial charge in [0.15, 0.2) is 0 Å². The molecule has 2 aromatic rings. The molecule has 0 aliphatic carbocycles. The maximum absolute atomic E-state index is 2.38. The van der Waals surface area contributed by atoms with Crippen molar-refractivity contribution in [3.8, 4) is 0 Å². The Morgan fingerprint density at radius 1 is 0.808 bits per heavy atom. The molecule has 6 heteroatoms. The van der Waals surface area contributed by atoms with Gasteiger partial charge in [0.25, 0.3) is 0 Å². The summed E-state index contributed by atoms with van der Waals surface area (Å²) in [4.78, 5) is 0. The van der Waals surface area contributed by atoms with Gasteiger partial charge in [0, 0.05) is 8.07 Å². The smallest absolute Gasteiger partial charge is 0.0504 e. The van der Waals surface area contributed by atoms with E-state index in [0.29, 0.717) is 0 Å².